The first-order chi connectivity index (χ1) is 15.9. The van der Waals surface area contributed by atoms with E-state index in [1.807, 2.05) is 11.8 Å². The zero-order valence-electron chi connectivity index (χ0n) is 17.8. The van der Waals surface area contributed by atoms with Gasteiger partial charge in [0.1, 0.15) is 0 Å². The predicted octanol–water partition coefficient (Wildman–Crippen LogP) is 5.22. The van der Waals surface area contributed by atoms with Crippen LogP contribution in [-0.4, -0.2) is 8.07 Å². The quantitative estimate of drug-likeness (QED) is 0.256. The molecule has 0 nitrogen and oxygen atoms in total. The monoisotopic (exact) mass is 444 g/mol. The first-order valence-corrected chi connectivity index (χ1v) is 13.7. The van der Waals surface area contributed by atoms with Crippen molar-refractivity contribution in [3.05, 3.63) is 146 Å². The lowest BCUT2D eigenvalue weighted by Gasteiger charge is -2.34. The second-order valence-electron chi connectivity index (χ2n) is 7.79. The highest BCUT2D eigenvalue weighted by atomic mass is 32.2. The molecular weight excluding hydrogens is 420 g/mol. The number of benzene rings is 5. The third kappa shape index (κ3) is 3.95. The van der Waals surface area contributed by atoms with E-state index in [0.717, 1.165) is 0 Å². The molecule has 0 aromatic heterocycles. The van der Waals surface area contributed by atoms with Crippen molar-refractivity contribution >= 4 is 40.6 Å². The highest BCUT2D eigenvalue weighted by Crippen LogP contribution is 2.26. The fourth-order valence-corrected chi connectivity index (χ4v) is 10.0. The Morgan fingerprint density at radius 2 is 0.625 bits per heavy atom. The normalized spacial score (nSPS) is 11.2. The Kier molecular flexibility index (Phi) is 6.06. The standard InChI is InChI=1S/C30H24SSi/c1-5-13-25(14-6-1)31-26-21-23-30(24-22-26)32(27-15-7-2-8-16-27,28-17-9-3-10-18-28)29-19-11-4-12-20-29/h1-24H. The summed E-state index contributed by atoms with van der Waals surface area (Å²) in [5, 5.41) is 5.61. The Morgan fingerprint density at radius 3 is 1.03 bits per heavy atom. The van der Waals surface area contributed by atoms with Crippen LogP contribution in [0.25, 0.3) is 0 Å². The summed E-state index contributed by atoms with van der Waals surface area (Å²) in [4.78, 5) is 2.52. The molecule has 0 fully saturated rings. The van der Waals surface area contributed by atoms with Gasteiger partial charge in [-0.1, -0.05) is 133 Å². The van der Waals surface area contributed by atoms with Gasteiger partial charge in [-0.3, -0.25) is 0 Å². The molecule has 0 unspecified atom stereocenters. The Hall–Kier alpha value is -3.33. The molecule has 0 radical (unpaired) electrons. The molecule has 5 rings (SSSR count). The molecule has 0 atom stereocenters. The van der Waals surface area contributed by atoms with Crippen molar-refractivity contribution < 1.29 is 0 Å². The average Bonchev–Trinajstić information content (AvgIpc) is 2.88. The van der Waals surface area contributed by atoms with Crippen LogP contribution in [-0.2, 0) is 0 Å². The SMILES string of the molecule is c1ccc(Sc2ccc([Si](c3ccccc3)(c3ccccc3)c3ccccc3)cc2)cc1. The van der Waals surface area contributed by atoms with Crippen molar-refractivity contribution in [3.63, 3.8) is 0 Å². The highest BCUT2D eigenvalue weighted by Gasteiger charge is 2.41. The average molecular weight is 445 g/mol. The first-order valence-electron chi connectivity index (χ1n) is 10.9. The summed E-state index contributed by atoms with van der Waals surface area (Å²) in [7, 11) is -2.42. The molecular formula is C30H24SSi. The van der Waals surface area contributed by atoms with E-state index in [1.54, 1.807) is 0 Å². The maximum Gasteiger partial charge on any atom is 0.179 e. The van der Waals surface area contributed by atoms with E-state index in [9.17, 15) is 0 Å². The molecule has 0 aliphatic rings. The molecule has 0 N–H and O–H groups in total. The van der Waals surface area contributed by atoms with E-state index < -0.39 is 8.07 Å². The van der Waals surface area contributed by atoms with E-state index in [0.29, 0.717) is 0 Å². The summed E-state index contributed by atoms with van der Waals surface area (Å²) in [6.45, 7) is 0. The van der Waals surface area contributed by atoms with E-state index in [4.69, 9.17) is 0 Å². The maximum atomic E-state index is 2.35. The molecule has 0 aliphatic heterocycles. The van der Waals surface area contributed by atoms with Gasteiger partial charge >= 0.3 is 0 Å². The molecule has 0 bridgehead atoms. The van der Waals surface area contributed by atoms with Gasteiger partial charge in [0.05, 0.1) is 0 Å². The Morgan fingerprint density at radius 1 is 0.312 bits per heavy atom. The summed E-state index contributed by atoms with van der Waals surface area (Å²) < 4.78 is 0. The minimum absolute atomic E-state index is 1.26. The van der Waals surface area contributed by atoms with Gasteiger partial charge in [-0.05, 0) is 45.0 Å². The molecule has 0 spiro atoms. The Labute approximate surface area is 195 Å². The lowest BCUT2D eigenvalue weighted by Crippen LogP contribution is -2.74. The molecule has 0 saturated carbocycles. The van der Waals surface area contributed by atoms with E-state index in [1.165, 1.54) is 30.5 Å². The van der Waals surface area contributed by atoms with E-state index in [-0.39, 0.29) is 0 Å². The lowest BCUT2D eigenvalue weighted by molar-refractivity contribution is 1.41. The highest BCUT2D eigenvalue weighted by molar-refractivity contribution is 7.99. The predicted molar refractivity (Wildman–Crippen MR) is 141 cm³/mol. The van der Waals surface area contributed by atoms with Crippen LogP contribution in [0.2, 0.25) is 0 Å². The second kappa shape index (κ2) is 9.43. The largest absolute Gasteiger partial charge is 0.179 e. The lowest BCUT2D eigenvalue weighted by atomic mass is 10.3. The van der Waals surface area contributed by atoms with Crippen molar-refractivity contribution in [1.29, 1.82) is 0 Å². The zero-order chi connectivity index (χ0) is 21.6. The van der Waals surface area contributed by atoms with Gasteiger partial charge < -0.3 is 0 Å². The van der Waals surface area contributed by atoms with Crippen molar-refractivity contribution in [1.82, 2.24) is 0 Å². The molecule has 154 valence electrons. The topological polar surface area (TPSA) is 0 Å². The van der Waals surface area contributed by atoms with Crippen LogP contribution >= 0.6 is 11.8 Å². The molecule has 5 aromatic carbocycles. The number of hydrogen-bond acceptors (Lipinski definition) is 1. The summed E-state index contributed by atoms with van der Waals surface area (Å²) in [5.74, 6) is 0. The summed E-state index contributed by atoms with van der Waals surface area (Å²) in [6, 6.07) is 53.0. The summed E-state index contributed by atoms with van der Waals surface area (Å²) in [6.07, 6.45) is 0. The maximum absolute atomic E-state index is 2.42. The van der Waals surface area contributed by atoms with Gasteiger partial charge in [-0.2, -0.15) is 0 Å². The minimum Gasteiger partial charge on any atom is -0.0901 e. The Bertz CT molecular complexity index is 1160. The van der Waals surface area contributed by atoms with Crippen LogP contribution in [0.1, 0.15) is 0 Å². The van der Waals surface area contributed by atoms with E-state index in [2.05, 4.69) is 146 Å². The van der Waals surface area contributed by atoms with Gasteiger partial charge in [-0.25, -0.2) is 0 Å². The molecule has 32 heavy (non-hydrogen) atoms. The van der Waals surface area contributed by atoms with Crippen LogP contribution < -0.4 is 20.7 Å². The molecule has 0 heterocycles. The minimum atomic E-state index is -2.42. The van der Waals surface area contributed by atoms with Gasteiger partial charge in [0.25, 0.3) is 0 Å². The van der Waals surface area contributed by atoms with E-state index >= 15 is 0 Å². The smallest absolute Gasteiger partial charge is 0.0901 e. The molecule has 0 amide bonds. The van der Waals surface area contributed by atoms with Crippen LogP contribution in [0.3, 0.4) is 0 Å². The molecule has 0 aliphatic carbocycles. The Balaban J connectivity index is 1.70. The van der Waals surface area contributed by atoms with Crippen molar-refractivity contribution in [2.45, 2.75) is 9.79 Å². The second-order valence-corrected chi connectivity index (χ2v) is 12.7. The van der Waals surface area contributed by atoms with Crippen LogP contribution in [0.5, 0.6) is 0 Å². The summed E-state index contributed by atoms with van der Waals surface area (Å²) >= 11 is 1.81. The summed E-state index contributed by atoms with van der Waals surface area (Å²) in [5.41, 5.74) is 0. The van der Waals surface area contributed by atoms with Gasteiger partial charge in [0.15, 0.2) is 8.07 Å². The van der Waals surface area contributed by atoms with Gasteiger partial charge in [0, 0.05) is 9.79 Å². The number of hydrogen-bond donors (Lipinski definition) is 0. The van der Waals surface area contributed by atoms with Crippen molar-refractivity contribution in [2.24, 2.45) is 0 Å². The third-order valence-corrected chi connectivity index (χ3v) is 11.7. The van der Waals surface area contributed by atoms with Crippen LogP contribution in [0.15, 0.2) is 155 Å². The fraction of sp³-hybridized carbons (Fsp3) is 0. The van der Waals surface area contributed by atoms with Crippen LogP contribution in [0, 0.1) is 0 Å². The van der Waals surface area contributed by atoms with Gasteiger partial charge in [-0.15, -0.1) is 0 Å². The third-order valence-electron chi connectivity index (χ3n) is 5.89. The fourth-order valence-electron chi connectivity index (χ4n) is 4.46. The first kappa shape index (κ1) is 20.6. The molecule has 5 aromatic rings. The van der Waals surface area contributed by atoms with Gasteiger partial charge in [0.2, 0.25) is 0 Å². The number of rotatable bonds is 6. The van der Waals surface area contributed by atoms with Crippen LogP contribution in [0.4, 0.5) is 0 Å². The van der Waals surface area contributed by atoms with Crippen molar-refractivity contribution in [2.75, 3.05) is 0 Å². The van der Waals surface area contributed by atoms with Crippen molar-refractivity contribution in [3.8, 4) is 0 Å². The molecule has 2 heteroatoms. The zero-order valence-corrected chi connectivity index (χ0v) is 19.6. The molecule has 0 saturated heterocycles.